The third-order valence-electron chi connectivity index (χ3n) is 2.14. The number of hydrogen-bond acceptors (Lipinski definition) is 5. The Morgan fingerprint density at radius 2 is 2.47 bits per heavy atom. The summed E-state index contributed by atoms with van der Waals surface area (Å²) in [5.41, 5.74) is 5.50. The molecule has 1 fully saturated rings. The minimum absolute atomic E-state index is 0.00359. The Labute approximate surface area is 95.1 Å². The van der Waals surface area contributed by atoms with Gasteiger partial charge in [0, 0.05) is 12.3 Å². The van der Waals surface area contributed by atoms with Crippen LogP contribution in [-0.2, 0) is 9.59 Å². The van der Waals surface area contributed by atoms with E-state index in [4.69, 9.17) is 10.8 Å². The fraction of sp³-hybridized carbons (Fsp3) is 0.500. The van der Waals surface area contributed by atoms with Crippen molar-refractivity contribution in [2.24, 2.45) is 5.73 Å². The summed E-state index contributed by atoms with van der Waals surface area (Å²) < 4.78 is 0.712. The zero-order valence-electron chi connectivity index (χ0n) is 7.80. The van der Waals surface area contributed by atoms with Gasteiger partial charge in [0.15, 0.2) is 5.70 Å². The van der Waals surface area contributed by atoms with Crippen molar-refractivity contribution in [1.29, 1.82) is 0 Å². The molecule has 15 heavy (non-hydrogen) atoms. The molecule has 0 bridgehead atoms. The van der Waals surface area contributed by atoms with Gasteiger partial charge < -0.3 is 10.8 Å². The second-order valence-corrected chi connectivity index (χ2v) is 5.67. The van der Waals surface area contributed by atoms with Gasteiger partial charge in [-0.05, 0) is 0 Å². The summed E-state index contributed by atoms with van der Waals surface area (Å²) >= 11 is 2.86. The summed E-state index contributed by atoms with van der Waals surface area (Å²) in [6, 6.07) is 0. The van der Waals surface area contributed by atoms with E-state index in [1.54, 1.807) is 0 Å². The highest BCUT2D eigenvalue weighted by molar-refractivity contribution is 8.22. The van der Waals surface area contributed by atoms with Crippen LogP contribution in [-0.4, -0.2) is 39.6 Å². The molecule has 2 aliphatic heterocycles. The first-order valence-electron chi connectivity index (χ1n) is 4.44. The van der Waals surface area contributed by atoms with Gasteiger partial charge in [-0.1, -0.05) is 11.8 Å². The average molecular weight is 246 g/mol. The molecule has 3 N–H and O–H groups in total. The van der Waals surface area contributed by atoms with E-state index in [1.165, 1.54) is 28.4 Å². The first-order valence-corrected chi connectivity index (χ1v) is 6.31. The molecule has 82 valence electrons. The van der Waals surface area contributed by atoms with E-state index in [-0.39, 0.29) is 17.0 Å². The van der Waals surface area contributed by atoms with E-state index in [0.29, 0.717) is 23.0 Å². The number of β-lactam (4-membered cyclic amide) rings is 1. The molecular weight excluding hydrogens is 236 g/mol. The fourth-order valence-corrected chi connectivity index (χ4v) is 4.05. The largest absolute Gasteiger partial charge is 0.477 e. The van der Waals surface area contributed by atoms with Crippen molar-refractivity contribution in [2.45, 2.75) is 11.8 Å². The van der Waals surface area contributed by atoms with Crippen molar-refractivity contribution < 1.29 is 14.7 Å². The highest BCUT2D eigenvalue weighted by atomic mass is 32.2. The van der Waals surface area contributed by atoms with Crippen molar-refractivity contribution in [3.8, 4) is 0 Å². The molecule has 0 unspecified atom stereocenters. The maximum Gasteiger partial charge on any atom is 0.354 e. The Morgan fingerprint density at radius 3 is 3.00 bits per heavy atom. The quantitative estimate of drug-likeness (QED) is 0.691. The Kier molecular flexibility index (Phi) is 2.94. The van der Waals surface area contributed by atoms with Gasteiger partial charge in [0.1, 0.15) is 0 Å². The summed E-state index contributed by atoms with van der Waals surface area (Å²) in [4.78, 5) is 23.6. The average Bonchev–Trinajstić information content (AvgIpc) is 2.47. The standard InChI is InChI=1S/C8H10N2O3S2/c9-1-2-14-8-6(7(12)13)10-4(11)3-5(10)15-8/h5H,1-3,9H2,(H,12,13)/t5-/m0/s1. The van der Waals surface area contributed by atoms with Crippen LogP contribution in [0.2, 0.25) is 0 Å². The lowest BCUT2D eigenvalue weighted by Crippen LogP contribution is -2.48. The summed E-state index contributed by atoms with van der Waals surface area (Å²) in [6.45, 7) is 0.500. The third kappa shape index (κ3) is 1.75. The number of thioether (sulfide) groups is 2. The number of amides is 1. The van der Waals surface area contributed by atoms with Gasteiger partial charge in [0.05, 0.1) is 16.0 Å². The van der Waals surface area contributed by atoms with Crippen LogP contribution in [0.5, 0.6) is 0 Å². The lowest BCUT2D eigenvalue weighted by molar-refractivity contribution is -0.145. The van der Waals surface area contributed by atoms with E-state index >= 15 is 0 Å². The SMILES string of the molecule is NCCSC1=C(C(=O)O)N2C(=O)C[C@@H]2S1. The molecule has 2 heterocycles. The van der Waals surface area contributed by atoms with E-state index in [2.05, 4.69) is 0 Å². The molecule has 0 aliphatic carbocycles. The van der Waals surface area contributed by atoms with Gasteiger partial charge in [-0.2, -0.15) is 0 Å². The third-order valence-corrected chi connectivity index (χ3v) is 4.73. The smallest absolute Gasteiger partial charge is 0.354 e. The van der Waals surface area contributed by atoms with Gasteiger partial charge >= 0.3 is 5.97 Å². The van der Waals surface area contributed by atoms with Gasteiger partial charge in [-0.25, -0.2) is 4.79 Å². The molecule has 0 radical (unpaired) electrons. The van der Waals surface area contributed by atoms with Gasteiger partial charge in [0.2, 0.25) is 5.91 Å². The zero-order chi connectivity index (χ0) is 11.0. The number of hydrogen-bond donors (Lipinski definition) is 2. The predicted octanol–water partition coefficient (Wildman–Crippen LogP) is 0.237. The van der Waals surface area contributed by atoms with Crippen molar-refractivity contribution >= 4 is 35.4 Å². The number of nitrogens with zero attached hydrogens (tertiary/aromatic N) is 1. The Bertz CT molecular complexity index is 356. The van der Waals surface area contributed by atoms with Crippen LogP contribution in [0.15, 0.2) is 9.93 Å². The molecule has 1 saturated heterocycles. The monoisotopic (exact) mass is 246 g/mol. The van der Waals surface area contributed by atoms with Crippen LogP contribution < -0.4 is 5.73 Å². The van der Waals surface area contributed by atoms with Crippen LogP contribution in [0.3, 0.4) is 0 Å². The molecule has 2 aliphatic rings. The second-order valence-electron chi connectivity index (χ2n) is 3.12. The summed E-state index contributed by atoms with van der Waals surface area (Å²) in [5.74, 6) is -0.459. The van der Waals surface area contributed by atoms with Crippen LogP contribution >= 0.6 is 23.5 Å². The first kappa shape index (κ1) is 10.8. The van der Waals surface area contributed by atoms with E-state index in [9.17, 15) is 9.59 Å². The number of carboxylic acids is 1. The second kappa shape index (κ2) is 4.07. The van der Waals surface area contributed by atoms with Crippen molar-refractivity contribution in [3.05, 3.63) is 9.93 Å². The van der Waals surface area contributed by atoms with E-state index in [1.807, 2.05) is 0 Å². The van der Waals surface area contributed by atoms with Crippen LogP contribution in [0.1, 0.15) is 6.42 Å². The minimum atomic E-state index is -1.03. The summed E-state index contributed by atoms with van der Waals surface area (Å²) in [7, 11) is 0. The van der Waals surface area contributed by atoms with Gasteiger partial charge in [0.25, 0.3) is 0 Å². The molecular formula is C8H10N2O3S2. The lowest BCUT2D eigenvalue weighted by Gasteiger charge is -2.33. The molecule has 0 aromatic heterocycles. The topological polar surface area (TPSA) is 83.6 Å². The Balaban J connectivity index is 2.19. The zero-order valence-corrected chi connectivity index (χ0v) is 9.44. The molecule has 0 spiro atoms. The molecule has 2 rings (SSSR count). The van der Waals surface area contributed by atoms with Gasteiger partial charge in [-0.3, -0.25) is 9.69 Å². The molecule has 5 nitrogen and oxygen atoms in total. The summed E-state index contributed by atoms with van der Waals surface area (Å²) in [5, 5.41) is 9.02. The van der Waals surface area contributed by atoms with Crippen molar-refractivity contribution in [1.82, 2.24) is 4.90 Å². The predicted molar refractivity (Wildman–Crippen MR) is 59.0 cm³/mol. The van der Waals surface area contributed by atoms with Gasteiger partial charge in [-0.15, -0.1) is 11.8 Å². The number of fused-ring (bicyclic) bond motifs is 1. The number of aliphatic carboxylic acids is 1. The highest BCUT2D eigenvalue weighted by Crippen LogP contribution is 2.50. The molecule has 0 saturated carbocycles. The van der Waals surface area contributed by atoms with Crippen LogP contribution in [0.4, 0.5) is 0 Å². The van der Waals surface area contributed by atoms with E-state index in [0.717, 1.165) is 0 Å². The molecule has 0 aromatic rings. The lowest BCUT2D eigenvalue weighted by atomic mass is 10.2. The summed E-state index contributed by atoms with van der Waals surface area (Å²) in [6.07, 6.45) is 0.439. The normalized spacial score (nSPS) is 24.2. The highest BCUT2D eigenvalue weighted by Gasteiger charge is 2.48. The van der Waals surface area contributed by atoms with Crippen LogP contribution in [0, 0.1) is 0 Å². The van der Waals surface area contributed by atoms with Crippen LogP contribution in [0.25, 0.3) is 0 Å². The molecule has 7 heteroatoms. The number of carboxylic acid groups (broad SMARTS) is 1. The van der Waals surface area contributed by atoms with Crippen molar-refractivity contribution in [3.63, 3.8) is 0 Å². The van der Waals surface area contributed by atoms with Crippen molar-refractivity contribution in [2.75, 3.05) is 12.3 Å². The maximum absolute atomic E-state index is 11.2. The minimum Gasteiger partial charge on any atom is -0.477 e. The maximum atomic E-state index is 11.2. The number of nitrogens with two attached hydrogens (primary N) is 1. The number of rotatable bonds is 4. The number of carbonyl (C=O) groups excluding carboxylic acids is 1. The fourth-order valence-electron chi connectivity index (χ4n) is 1.47. The Morgan fingerprint density at radius 1 is 1.73 bits per heavy atom. The molecule has 1 amide bonds. The first-order chi connectivity index (χ1) is 7.15. The molecule has 0 aromatic carbocycles. The van der Waals surface area contributed by atoms with E-state index < -0.39 is 5.97 Å². The molecule has 1 atom stereocenters. The Hall–Kier alpha value is -0.660. The number of carbonyl (C=O) groups is 2.